The molecule has 5 nitrogen and oxygen atoms in total. The lowest BCUT2D eigenvalue weighted by atomic mass is 10.2. The van der Waals surface area contributed by atoms with E-state index in [0.717, 1.165) is 12.8 Å². The van der Waals surface area contributed by atoms with E-state index in [-0.39, 0.29) is 22.6 Å². The molecule has 0 aliphatic heterocycles. The molecule has 1 aromatic heterocycles. The molecule has 0 radical (unpaired) electrons. The van der Waals surface area contributed by atoms with Crippen molar-refractivity contribution >= 4 is 37.6 Å². The Kier molecular flexibility index (Phi) is 7.56. The van der Waals surface area contributed by atoms with Gasteiger partial charge in [-0.3, -0.25) is 0 Å². The Balaban J connectivity index is 3.28. The van der Waals surface area contributed by atoms with E-state index in [1.54, 1.807) is 7.11 Å². The third-order valence-electron chi connectivity index (χ3n) is 3.23. The minimum absolute atomic E-state index is 0.0153. The third kappa shape index (κ3) is 4.63. The van der Waals surface area contributed by atoms with E-state index in [4.69, 9.17) is 16.3 Å². The van der Waals surface area contributed by atoms with E-state index in [1.165, 1.54) is 16.6 Å². The van der Waals surface area contributed by atoms with Crippen LogP contribution in [0, 0.1) is 0 Å². The van der Waals surface area contributed by atoms with Crippen LogP contribution in [0.2, 0.25) is 5.15 Å². The zero-order chi connectivity index (χ0) is 16.0. The highest BCUT2D eigenvalue weighted by Gasteiger charge is 2.31. The number of ether oxygens (including phenoxy) is 1. The molecular formula is C13H20BrClN2O3S. The molecule has 0 N–H and O–H groups in total. The van der Waals surface area contributed by atoms with Gasteiger partial charge in [-0.15, -0.1) is 0 Å². The fraction of sp³-hybridized carbons (Fsp3) is 0.615. The predicted octanol–water partition coefficient (Wildman–Crippen LogP) is 3.32. The van der Waals surface area contributed by atoms with E-state index >= 15 is 0 Å². The van der Waals surface area contributed by atoms with Gasteiger partial charge < -0.3 is 4.74 Å². The smallest absolute Gasteiger partial charge is 0.246 e. The van der Waals surface area contributed by atoms with Crippen molar-refractivity contribution in [1.29, 1.82) is 0 Å². The molecule has 1 heterocycles. The number of hydrogen-bond acceptors (Lipinski definition) is 4. The van der Waals surface area contributed by atoms with Gasteiger partial charge in [0.05, 0.1) is 6.61 Å². The lowest BCUT2D eigenvalue weighted by Gasteiger charge is -2.29. The first kappa shape index (κ1) is 18.8. The first-order chi connectivity index (χ1) is 9.88. The van der Waals surface area contributed by atoms with Crippen LogP contribution in [0.25, 0.3) is 0 Å². The number of methoxy groups -OCH3 is 1. The second-order valence-corrected chi connectivity index (χ2v) is 7.65. The molecule has 0 aliphatic rings. The Morgan fingerprint density at radius 3 is 2.57 bits per heavy atom. The fourth-order valence-corrected chi connectivity index (χ4v) is 4.77. The molecule has 1 rings (SSSR count). The summed E-state index contributed by atoms with van der Waals surface area (Å²) in [4.78, 5) is 3.92. The maximum absolute atomic E-state index is 12.9. The number of sulfonamides is 1. The molecule has 0 atom stereocenters. The van der Waals surface area contributed by atoms with Crippen molar-refractivity contribution in [3.05, 3.63) is 21.9 Å². The number of pyridine rings is 1. The summed E-state index contributed by atoms with van der Waals surface area (Å²) in [5.41, 5.74) is 0. The molecule has 0 amide bonds. The van der Waals surface area contributed by atoms with Gasteiger partial charge in [0, 0.05) is 30.4 Å². The van der Waals surface area contributed by atoms with E-state index in [9.17, 15) is 8.42 Å². The molecule has 21 heavy (non-hydrogen) atoms. The molecular weight excluding hydrogens is 380 g/mol. The molecule has 0 aromatic carbocycles. The standard InChI is InChI=1S/C13H20BrClN2O3S/c1-4-11(5-2)17(6-7-20-3)21(18,19)12-8-10(14)9-16-13(12)15/h8-9,11H,4-7H2,1-3H3. The van der Waals surface area contributed by atoms with Gasteiger partial charge >= 0.3 is 0 Å². The quantitative estimate of drug-likeness (QED) is 0.629. The molecule has 0 saturated heterocycles. The highest BCUT2D eigenvalue weighted by molar-refractivity contribution is 9.10. The normalized spacial score (nSPS) is 12.3. The number of hydrogen-bond donors (Lipinski definition) is 0. The summed E-state index contributed by atoms with van der Waals surface area (Å²) in [5.74, 6) is 0. The summed E-state index contributed by atoms with van der Waals surface area (Å²) in [7, 11) is -2.17. The average Bonchev–Trinajstić information content (AvgIpc) is 2.45. The molecule has 0 aliphatic carbocycles. The molecule has 8 heteroatoms. The summed E-state index contributed by atoms with van der Waals surface area (Å²) in [5, 5.41) is -0.0217. The van der Waals surface area contributed by atoms with Crippen LogP contribution in [-0.4, -0.2) is 44.0 Å². The zero-order valence-corrected chi connectivity index (χ0v) is 15.5. The van der Waals surface area contributed by atoms with Crippen LogP contribution in [-0.2, 0) is 14.8 Å². The van der Waals surface area contributed by atoms with Crippen LogP contribution in [0.4, 0.5) is 0 Å². The second kappa shape index (κ2) is 8.43. The summed E-state index contributed by atoms with van der Waals surface area (Å²) in [6.45, 7) is 4.54. The SMILES string of the molecule is CCC(CC)N(CCOC)S(=O)(=O)c1cc(Br)cnc1Cl. The van der Waals surface area contributed by atoms with Crippen molar-refractivity contribution in [2.75, 3.05) is 20.3 Å². The molecule has 0 fully saturated rings. The predicted molar refractivity (Wildman–Crippen MR) is 87.1 cm³/mol. The first-order valence-electron chi connectivity index (χ1n) is 6.70. The van der Waals surface area contributed by atoms with E-state index in [2.05, 4.69) is 20.9 Å². The van der Waals surface area contributed by atoms with Crippen LogP contribution >= 0.6 is 27.5 Å². The van der Waals surface area contributed by atoms with E-state index < -0.39 is 10.0 Å². The van der Waals surface area contributed by atoms with Crippen molar-refractivity contribution in [2.24, 2.45) is 0 Å². The van der Waals surface area contributed by atoms with E-state index in [0.29, 0.717) is 11.1 Å². The minimum atomic E-state index is -3.72. The highest BCUT2D eigenvalue weighted by Crippen LogP contribution is 2.28. The summed E-state index contributed by atoms with van der Waals surface area (Å²) in [6.07, 6.45) is 2.91. The summed E-state index contributed by atoms with van der Waals surface area (Å²) in [6, 6.07) is 1.38. The highest BCUT2D eigenvalue weighted by atomic mass is 79.9. The van der Waals surface area contributed by atoms with Crippen LogP contribution < -0.4 is 0 Å². The summed E-state index contributed by atoms with van der Waals surface area (Å²) < 4.78 is 32.8. The third-order valence-corrected chi connectivity index (χ3v) is 6.04. The van der Waals surface area contributed by atoms with Crippen LogP contribution in [0.15, 0.2) is 21.6 Å². The second-order valence-electron chi connectivity index (χ2n) is 4.52. The van der Waals surface area contributed by atoms with Crippen LogP contribution in [0.3, 0.4) is 0 Å². The van der Waals surface area contributed by atoms with Gasteiger partial charge in [-0.05, 0) is 34.8 Å². The lowest BCUT2D eigenvalue weighted by Crippen LogP contribution is -2.41. The number of rotatable bonds is 8. The minimum Gasteiger partial charge on any atom is -0.383 e. The van der Waals surface area contributed by atoms with Crippen molar-refractivity contribution < 1.29 is 13.2 Å². The van der Waals surface area contributed by atoms with Crippen LogP contribution in [0.1, 0.15) is 26.7 Å². The maximum atomic E-state index is 12.9. The van der Waals surface area contributed by atoms with Gasteiger partial charge in [-0.1, -0.05) is 25.4 Å². The van der Waals surface area contributed by atoms with Crippen LogP contribution in [0.5, 0.6) is 0 Å². The van der Waals surface area contributed by atoms with Crippen molar-refractivity contribution in [3.63, 3.8) is 0 Å². The molecule has 0 spiro atoms. The van der Waals surface area contributed by atoms with Crippen molar-refractivity contribution in [3.8, 4) is 0 Å². The average molecular weight is 400 g/mol. The largest absolute Gasteiger partial charge is 0.383 e. The van der Waals surface area contributed by atoms with Crippen molar-refractivity contribution in [1.82, 2.24) is 9.29 Å². The van der Waals surface area contributed by atoms with Gasteiger partial charge in [-0.2, -0.15) is 4.31 Å². The topological polar surface area (TPSA) is 59.5 Å². The Hall–Kier alpha value is -0.210. The Morgan fingerprint density at radius 1 is 1.43 bits per heavy atom. The van der Waals surface area contributed by atoms with Gasteiger partial charge in [0.2, 0.25) is 10.0 Å². The monoisotopic (exact) mass is 398 g/mol. The Bertz CT molecular complexity index is 565. The van der Waals surface area contributed by atoms with Gasteiger partial charge in [0.1, 0.15) is 10.0 Å². The van der Waals surface area contributed by atoms with Gasteiger partial charge in [0.25, 0.3) is 0 Å². The Labute approximate surface area is 139 Å². The molecule has 1 aromatic rings. The first-order valence-corrected chi connectivity index (χ1v) is 9.31. The number of nitrogens with zero attached hydrogens (tertiary/aromatic N) is 2. The lowest BCUT2D eigenvalue weighted by molar-refractivity contribution is 0.163. The Morgan fingerprint density at radius 2 is 2.05 bits per heavy atom. The number of aromatic nitrogens is 1. The van der Waals surface area contributed by atoms with E-state index in [1.807, 2.05) is 13.8 Å². The zero-order valence-electron chi connectivity index (χ0n) is 12.3. The van der Waals surface area contributed by atoms with Gasteiger partial charge in [-0.25, -0.2) is 13.4 Å². The fourth-order valence-electron chi connectivity index (χ4n) is 2.09. The maximum Gasteiger partial charge on any atom is 0.246 e. The molecule has 120 valence electrons. The van der Waals surface area contributed by atoms with Crippen molar-refractivity contribution in [2.45, 2.75) is 37.6 Å². The van der Waals surface area contributed by atoms with Gasteiger partial charge in [0.15, 0.2) is 0 Å². The molecule has 0 unspecified atom stereocenters. The molecule has 0 bridgehead atoms. The summed E-state index contributed by atoms with van der Waals surface area (Å²) >= 11 is 9.21. The number of halogens is 2. The molecule has 0 saturated carbocycles.